The van der Waals surface area contributed by atoms with Crippen molar-refractivity contribution in [2.75, 3.05) is 0 Å². The van der Waals surface area contributed by atoms with Crippen molar-refractivity contribution in [2.24, 2.45) is 0 Å². The first-order valence-corrected chi connectivity index (χ1v) is 7.37. The van der Waals surface area contributed by atoms with Crippen molar-refractivity contribution in [3.05, 3.63) is 59.2 Å². The normalized spacial score (nSPS) is 11.4. The summed E-state index contributed by atoms with van der Waals surface area (Å²) < 4.78 is 5.93. The highest BCUT2D eigenvalue weighted by Crippen LogP contribution is 2.29. The summed E-state index contributed by atoms with van der Waals surface area (Å²) in [5, 5.41) is 0. The van der Waals surface area contributed by atoms with Gasteiger partial charge < -0.3 is 4.74 Å². The molecule has 0 aliphatic heterocycles. The minimum absolute atomic E-state index is 0.163. The summed E-state index contributed by atoms with van der Waals surface area (Å²) >= 11 is 5.83. The Labute approximate surface area is 126 Å². The van der Waals surface area contributed by atoms with E-state index in [0.29, 0.717) is 5.88 Å². The van der Waals surface area contributed by atoms with E-state index in [1.807, 2.05) is 31.2 Å². The van der Waals surface area contributed by atoms with E-state index < -0.39 is 0 Å². The van der Waals surface area contributed by atoms with Gasteiger partial charge in [0.2, 0.25) is 0 Å². The molecule has 2 rings (SSSR count). The number of halogens is 1. The van der Waals surface area contributed by atoms with Crippen molar-refractivity contribution in [3.63, 3.8) is 0 Å². The molecule has 0 heterocycles. The maximum Gasteiger partial charge on any atom is 0.130 e. The molecule has 0 amide bonds. The minimum atomic E-state index is 0.163. The molecule has 0 fully saturated rings. The Morgan fingerprint density at radius 1 is 1.00 bits per heavy atom. The van der Waals surface area contributed by atoms with E-state index in [4.69, 9.17) is 16.3 Å². The number of alkyl halides is 1. The fraction of sp³-hybridized carbons (Fsp3) is 0.333. The first-order valence-electron chi connectivity index (χ1n) is 6.84. The quantitative estimate of drug-likeness (QED) is 0.646. The van der Waals surface area contributed by atoms with Crippen LogP contribution in [0.5, 0.6) is 11.5 Å². The zero-order chi connectivity index (χ0) is 14.8. The van der Waals surface area contributed by atoms with Crippen molar-refractivity contribution in [1.82, 2.24) is 0 Å². The summed E-state index contributed by atoms with van der Waals surface area (Å²) in [6.07, 6.45) is 0. The van der Waals surface area contributed by atoms with Crippen molar-refractivity contribution in [1.29, 1.82) is 0 Å². The summed E-state index contributed by atoms with van der Waals surface area (Å²) in [6, 6.07) is 14.3. The van der Waals surface area contributed by atoms with E-state index in [1.54, 1.807) is 0 Å². The van der Waals surface area contributed by atoms with Gasteiger partial charge in [0.05, 0.1) is 0 Å². The van der Waals surface area contributed by atoms with Gasteiger partial charge in [-0.3, -0.25) is 0 Å². The highest BCUT2D eigenvalue weighted by Gasteiger charge is 2.13. The summed E-state index contributed by atoms with van der Waals surface area (Å²) in [5.74, 6) is 2.27. The molecule has 0 radical (unpaired) electrons. The number of benzene rings is 2. The van der Waals surface area contributed by atoms with Crippen LogP contribution in [0.1, 0.15) is 37.5 Å². The second kappa shape index (κ2) is 5.88. The standard InChI is InChI=1S/C18H21ClO/c1-13-11-14(12-19)5-10-17(13)20-16-8-6-15(7-9-16)18(2,3)4/h5-11H,12H2,1-4H3. The molecule has 0 unspecified atom stereocenters. The summed E-state index contributed by atoms with van der Waals surface area (Å²) in [6.45, 7) is 8.66. The Hall–Kier alpha value is -1.47. The Morgan fingerprint density at radius 2 is 1.65 bits per heavy atom. The third-order valence-corrected chi connectivity index (χ3v) is 3.65. The zero-order valence-corrected chi connectivity index (χ0v) is 13.3. The van der Waals surface area contributed by atoms with Crippen LogP contribution < -0.4 is 4.74 Å². The number of ether oxygens (including phenoxy) is 1. The molecule has 106 valence electrons. The van der Waals surface area contributed by atoms with Gasteiger partial charge in [-0.2, -0.15) is 0 Å². The molecule has 0 aliphatic rings. The molecule has 0 atom stereocenters. The maximum atomic E-state index is 5.93. The molecule has 2 aromatic carbocycles. The smallest absolute Gasteiger partial charge is 0.130 e. The molecule has 0 spiro atoms. The third-order valence-electron chi connectivity index (χ3n) is 3.34. The Kier molecular flexibility index (Phi) is 4.39. The third kappa shape index (κ3) is 3.55. The van der Waals surface area contributed by atoms with Gasteiger partial charge in [-0.25, -0.2) is 0 Å². The van der Waals surface area contributed by atoms with E-state index >= 15 is 0 Å². The molecule has 1 nitrogen and oxygen atoms in total. The first-order chi connectivity index (χ1) is 9.40. The second-order valence-corrected chi connectivity index (χ2v) is 6.38. The van der Waals surface area contributed by atoms with Gasteiger partial charge in [0, 0.05) is 5.88 Å². The van der Waals surface area contributed by atoms with Crippen molar-refractivity contribution in [2.45, 2.75) is 39.0 Å². The minimum Gasteiger partial charge on any atom is -0.457 e. The summed E-state index contributed by atoms with van der Waals surface area (Å²) in [5.41, 5.74) is 3.68. The lowest BCUT2D eigenvalue weighted by Crippen LogP contribution is -2.10. The molecule has 0 saturated heterocycles. The SMILES string of the molecule is Cc1cc(CCl)ccc1Oc1ccc(C(C)(C)C)cc1. The maximum absolute atomic E-state index is 5.93. The van der Waals surface area contributed by atoms with Gasteiger partial charge in [-0.15, -0.1) is 11.6 Å². The molecule has 2 heteroatoms. The zero-order valence-electron chi connectivity index (χ0n) is 12.5. The fourth-order valence-electron chi connectivity index (χ4n) is 2.06. The number of aryl methyl sites for hydroxylation is 1. The van der Waals surface area contributed by atoms with Crippen molar-refractivity contribution >= 4 is 11.6 Å². The average molecular weight is 289 g/mol. The van der Waals surface area contributed by atoms with Crippen LogP contribution in [0, 0.1) is 6.92 Å². The Morgan fingerprint density at radius 3 is 2.15 bits per heavy atom. The highest BCUT2D eigenvalue weighted by molar-refractivity contribution is 6.17. The lowest BCUT2D eigenvalue weighted by molar-refractivity contribution is 0.477. The fourth-order valence-corrected chi connectivity index (χ4v) is 2.23. The summed E-state index contributed by atoms with van der Waals surface area (Å²) in [7, 11) is 0. The average Bonchev–Trinajstić information content (AvgIpc) is 2.40. The van der Waals surface area contributed by atoms with Gasteiger partial charge >= 0.3 is 0 Å². The first kappa shape index (κ1) is 14.9. The number of hydrogen-bond acceptors (Lipinski definition) is 1. The molecule has 0 N–H and O–H groups in total. The van der Waals surface area contributed by atoms with Crippen LogP contribution in [0.3, 0.4) is 0 Å². The highest BCUT2D eigenvalue weighted by atomic mass is 35.5. The molecule has 0 aromatic heterocycles. The van der Waals surface area contributed by atoms with Crippen LogP contribution in [0.15, 0.2) is 42.5 Å². The Bertz CT molecular complexity index is 579. The molecule has 0 aliphatic carbocycles. The molecular weight excluding hydrogens is 268 g/mol. The number of hydrogen-bond donors (Lipinski definition) is 0. The van der Waals surface area contributed by atoms with Gasteiger partial charge in [-0.05, 0) is 47.2 Å². The van der Waals surface area contributed by atoms with Gasteiger partial charge in [0.25, 0.3) is 0 Å². The summed E-state index contributed by atoms with van der Waals surface area (Å²) in [4.78, 5) is 0. The van der Waals surface area contributed by atoms with E-state index in [0.717, 1.165) is 22.6 Å². The lowest BCUT2D eigenvalue weighted by Gasteiger charge is -2.19. The Balaban J connectivity index is 2.18. The van der Waals surface area contributed by atoms with E-state index in [2.05, 4.69) is 39.0 Å². The van der Waals surface area contributed by atoms with Crippen molar-refractivity contribution < 1.29 is 4.74 Å². The van der Waals surface area contributed by atoms with Gasteiger partial charge in [-0.1, -0.05) is 45.0 Å². The van der Waals surface area contributed by atoms with Crippen LogP contribution in [0.25, 0.3) is 0 Å². The molecular formula is C18H21ClO. The van der Waals surface area contributed by atoms with Gasteiger partial charge in [0.1, 0.15) is 11.5 Å². The molecule has 0 bridgehead atoms. The number of rotatable bonds is 3. The second-order valence-electron chi connectivity index (χ2n) is 6.11. The topological polar surface area (TPSA) is 9.23 Å². The van der Waals surface area contributed by atoms with Crippen LogP contribution in [-0.4, -0.2) is 0 Å². The van der Waals surface area contributed by atoms with E-state index in [1.165, 1.54) is 5.56 Å². The van der Waals surface area contributed by atoms with E-state index in [-0.39, 0.29) is 5.41 Å². The largest absolute Gasteiger partial charge is 0.457 e. The van der Waals surface area contributed by atoms with E-state index in [9.17, 15) is 0 Å². The van der Waals surface area contributed by atoms with Crippen LogP contribution >= 0.6 is 11.6 Å². The van der Waals surface area contributed by atoms with Gasteiger partial charge in [0.15, 0.2) is 0 Å². The predicted octanol–water partition coefficient (Wildman–Crippen LogP) is 5.82. The van der Waals surface area contributed by atoms with Crippen LogP contribution in [0.2, 0.25) is 0 Å². The molecule has 2 aromatic rings. The molecule has 0 saturated carbocycles. The predicted molar refractivity (Wildman–Crippen MR) is 86.0 cm³/mol. The van der Waals surface area contributed by atoms with Crippen molar-refractivity contribution in [3.8, 4) is 11.5 Å². The lowest BCUT2D eigenvalue weighted by atomic mass is 9.87. The van der Waals surface area contributed by atoms with Crippen LogP contribution in [0.4, 0.5) is 0 Å². The molecule has 20 heavy (non-hydrogen) atoms. The monoisotopic (exact) mass is 288 g/mol. The van der Waals surface area contributed by atoms with Crippen LogP contribution in [-0.2, 0) is 11.3 Å².